The number of hydrogen-bond acceptors (Lipinski definition) is 3. The number of benzene rings is 1. The summed E-state index contributed by atoms with van der Waals surface area (Å²) < 4.78 is 7.26. The van der Waals surface area contributed by atoms with Crippen LogP contribution in [0.2, 0.25) is 0 Å². The van der Waals surface area contributed by atoms with E-state index in [-0.39, 0.29) is 0 Å². The van der Waals surface area contributed by atoms with Crippen LogP contribution < -0.4 is 5.32 Å². The Kier molecular flexibility index (Phi) is 5.32. The molecule has 0 unspecified atom stereocenters. The van der Waals surface area contributed by atoms with Crippen molar-refractivity contribution in [3.63, 3.8) is 0 Å². The van der Waals surface area contributed by atoms with Gasteiger partial charge in [0.25, 0.3) is 0 Å². The molecule has 4 nitrogen and oxygen atoms in total. The van der Waals surface area contributed by atoms with Crippen molar-refractivity contribution >= 4 is 0 Å². The lowest BCUT2D eigenvalue weighted by Crippen LogP contribution is -2.34. The normalized spacial score (nSPS) is 14.2. The first-order chi connectivity index (χ1) is 9.74. The summed E-state index contributed by atoms with van der Waals surface area (Å²) in [5.74, 6) is 0. The van der Waals surface area contributed by atoms with Gasteiger partial charge in [0, 0.05) is 37.3 Å². The van der Waals surface area contributed by atoms with E-state index in [2.05, 4.69) is 48.4 Å². The van der Waals surface area contributed by atoms with Crippen LogP contribution in [0, 0.1) is 0 Å². The average molecular weight is 273 g/mol. The molecule has 0 spiro atoms. The van der Waals surface area contributed by atoms with Gasteiger partial charge in [0.2, 0.25) is 0 Å². The second-order valence-corrected chi connectivity index (χ2v) is 5.01. The van der Waals surface area contributed by atoms with E-state index in [0.717, 1.165) is 18.7 Å². The van der Waals surface area contributed by atoms with Crippen molar-refractivity contribution in [2.45, 2.75) is 32.4 Å². The molecule has 0 saturated carbocycles. The molecule has 0 aliphatic rings. The van der Waals surface area contributed by atoms with E-state index in [1.54, 1.807) is 13.3 Å². The summed E-state index contributed by atoms with van der Waals surface area (Å²) in [5, 5.41) is 3.61. The minimum atomic E-state index is 0.290. The highest BCUT2D eigenvalue weighted by atomic mass is 16.5. The minimum absolute atomic E-state index is 0.290. The van der Waals surface area contributed by atoms with Crippen LogP contribution in [0.5, 0.6) is 0 Å². The lowest BCUT2D eigenvalue weighted by atomic mass is 10.1. The van der Waals surface area contributed by atoms with E-state index in [4.69, 9.17) is 4.74 Å². The van der Waals surface area contributed by atoms with Crippen molar-refractivity contribution in [1.29, 1.82) is 0 Å². The van der Waals surface area contributed by atoms with Gasteiger partial charge in [-0.2, -0.15) is 0 Å². The van der Waals surface area contributed by atoms with Gasteiger partial charge in [0.1, 0.15) is 0 Å². The molecule has 108 valence electrons. The zero-order valence-electron chi connectivity index (χ0n) is 12.4. The molecule has 0 amide bonds. The summed E-state index contributed by atoms with van der Waals surface area (Å²) in [6, 6.07) is 9.19. The summed E-state index contributed by atoms with van der Waals surface area (Å²) in [5.41, 5.74) is 2.40. The second kappa shape index (κ2) is 7.22. The van der Waals surface area contributed by atoms with Gasteiger partial charge in [0.05, 0.1) is 12.9 Å². The molecule has 0 bridgehead atoms. The maximum atomic E-state index is 5.24. The molecular formula is C16H23N3O. The summed E-state index contributed by atoms with van der Waals surface area (Å²) in [7, 11) is 1.74. The first-order valence-corrected chi connectivity index (χ1v) is 7.08. The van der Waals surface area contributed by atoms with E-state index < -0.39 is 0 Å². The fraction of sp³-hybridized carbons (Fsp3) is 0.438. The van der Waals surface area contributed by atoms with Gasteiger partial charge in [-0.3, -0.25) is 0 Å². The largest absolute Gasteiger partial charge is 0.383 e. The molecule has 20 heavy (non-hydrogen) atoms. The molecule has 0 fully saturated rings. The summed E-state index contributed by atoms with van der Waals surface area (Å²) in [6.07, 6.45) is 6.62. The Hall–Kier alpha value is -1.65. The Balaban J connectivity index is 2.10. The molecule has 2 aromatic rings. The molecule has 2 atom stereocenters. The van der Waals surface area contributed by atoms with E-state index in [1.807, 2.05) is 17.1 Å². The maximum Gasteiger partial charge on any atom is 0.0991 e. The fourth-order valence-corrected chi connectivity index (χ4v) is 2.30. The SMILES string of the molecule is CC[C@H](COC)N[C@@H](C)c1cccc(-n2ccnc2)c1. The standard InChI is InChI=1S/C16H23N3O/c1-4-15(11-20-3)18-13(2)14-6-5-7-16(10-14)19-9-8-17-12-19/h5-10,12-13,15,18H,4,11H2,1-3H3/t13-,15+/m0/s1. The second-order valence-electron chi connectivity index (χ2n) is 5.01. The monoisotopic (exact) mass is 273 g/mol. The third-order valence-corrected chi connectivity index (χ3v) is 3.52. The highest BCUT2D eigenvalue weighted by Crippen LogP contribution is 2.17. The van der Waals surface area contributed by atoms with Gasteiger partial charge >= 0.3 is 0 Å². The number of ether oxygens (including phenoxy) is 1. The van der Waals surface area contributed by atoms with Gasteiger partial charge in [-0.15, -0.1) is 0 Å². The molecule has 4 heteroatoms. The van der Waals surface area contributed by atoms with Crippen LogP contribution in [0.25, 0.3) is 5.69 Å². The number of nitrogens with one attached hydrogen (secondary N) is 1. The lowest BCUT2D eigenvalue weighted by Gasteiger charge is -2.22. The van der Waals surface area contributed by atoms with Crippen LogP contribution in [0.1, 0.15) is 31.9 Å². The first kappa shape index (κ1) is 14.8. The van der Waals surface area contributed by atoms with Crippen LogP contribution in [0.4, 0.5) is 0 Å². The Labute approximate surface area is 120 Å². The Bertz CT molecular complexity index is 510. The smallest absolute Gasteiger partial charge is 0.0991 e. The fourth-order valence-electron chi connectivity index (χ4n) is 2.30. The molecule has 1 aromatic carbocycles. The van der Waals surface area contributed by atoms with Crippen molar-refractivity contribution in [2.24, 2.45) is 0 Å². The minimum Gasteiger partial charge on any atom is -0.383 e. The van der Waals surface area contributed by atoms with E-state index in [9.17, 15) is 0 Å². The molecule has 1 aromatic heterocycles. The highest BCUT2D eigenvalue weighted by Gasteiger charge is 2.12. The molecule has 2 rings (SSSR count). The molecule has 1 N–H and O–H groups in total. The average Bonchev–Trinajstić information content (AvgIpc) is 3.01. The quantitative estimate of drug-likeness (QED) is 0.843. The zero-order chi connectivity index (χ0) is 14.4. The third kappa shape index (κ3) is 3.68. The van der Waals surface area contributed by atoms with E-state index >= 15 is 0 Å². The van der Waals surface area contributed by atoms with Crippen LogP contribution >= 0.6 is 0 Å². The first-order valence-electron chi connectivity index (χ1n) is 7.08. The summed E-state index contributed by atoms with van der Waals surface area (Å²) in [4.78, 5) is 4.09. The number of rotatable bonds is 7. The van der Waals surface area contributed by atoms with Crippen LogP contribution in [-0.4, -0.2) is 29.3 Å². The predicted molar refractivity (Wildman–Crippen MR) is 81.1 cm³/mol. The summed E-state index contributed by atoms with van der Waals surface area (Å²) in [6.45, 7) is 5.10. The van der Waals surface area contributed by atoms with Crippen LogP contribution in [-0.2, 0) is 4.74 Å². The Morgan fingerprint density at radius 3 is 2.90 bits per heavy atom. The van der Waals surface area contributed by atoms with Gasteiger partial charge in [0.15, 0.2) is 0 Å². The molecule has 1 heterocycles. The van der Waals surface area contributed by atoms with Crippen molar-refractivity contribution in [2.75, 3.05) is 13.7 Å². The molecular weight excluding hydrogens is 250 g/mol. The third-order valence-electron chi connectivity index (χ3n) is 3.52. The van der Waals surface area contributed by atoms with Gasteiger partial charge in [-0.05, 0) is 31.0 Å². The van der Waals surface area contributed by atoms with Crippen molar-refractivity contribution in [3.05, 3.63) is 48.5 Å². The topological polar surface area (TPSA) is 39.1 Å². The zero-order valence-corrected chi connectivity index (χ0v) is 12.4. The molecule has 0 radical (unpaired) electrons. The van der Waals surface area contributed by atoms with Gasteiger partial charge in [-0.1, -0.05) is 19.1 Å². The molecule has 0 aliphatic heterocycles. The highest BCUT2D eigenvalue weighted by molar-refractivity contribution is 5.37. The Morgan fingerprint density at radius 2 is 2.25 bits per heavy atom. The molecule has 0 aliphatic carbocycles. The van der Waals surface area contributed by atoms with Gasteiger partial charge in [-0.25, -0.2) is 4.98 Å². The number of methoxy groups -OCH3 is 1. The number of nitrogens with zero attached hydrogens (tertiary/aromatic N) is 2. The van der Waals surface area contributed by atoms with E-state index in [0.29, 0.717) is 12.1 Å². The van der Waals surface area contributed by atoms with Crippen LogP contribution in [0.3, 0.4) is 0 Å². The number of hydrogen-bond donors (Lipinski definition) is 1. The Morgan fingerprint density at radius 1 is 1.40 bits per heavy atom. The van der Waals surface area contributed by atoms with Crippen molar-refractivity contribution in [1.82, 2.24) is 14.9 Å². The maximum absolute atomic E-state index is 5.24. The summed E-state index contributed by atoms with van der Waals surface area (Å²) >= 11 is 0. The van der Waals surface area contributed by atoms with Crippen LogP contribution in [0.15, 0.2) is 43.0 Å². The molecule has 0 saturated heterocycles. The van der Waals surface area contributed by atoms with Gasteiger partial charge < -0.3 is 14.6 Å². The number of aromatic nitrogens is 2. The predicted octanol–water partition coefficient (Wildman–Crippen LogP) is 2.95. The number of imidazole rings is 1. The lowest BCUT2D eigenvalue weighted by molar-refractivity contribution is 0.159. The van der Waals surface area contributed by atoms with E-state index in [1.165, 1.54) is 5.56 Å². The van der Waals surface area contributed by atoms with Crippen molar-refractivity contribution < 1.29 is 4.74 Å². The van der Waals surface area contributed by atoms with Crippen molar-refractivity contribution in [3.8, 4) is 5.69 Å².